The molecule has 1 aliphatic rings. The number of benzene rings is 2. The Morgan fingerprint density at radius 1 is 1.12 bits per heavy atom. The van der Waals surface area contributed by atoms with Crippen molar-refractivity contribution in [2.75, 3.05) is 6.54 Å². The number of aromatic nitrogens is 1. The lowest BCUT2D eigenvalue weighted by Crippen LogP contribution is -2.28. The summed E-state index contributed by atoms with van der Waals surface area (Å²) in [5, 5.41) is 1.31. The van der Waals surface area contributed by atoms with Gasteiger partial charge < -0.3 is 4.57 Å². The van der Waals surface area contributed by atoms with Gasteiger partial charge in [0.1, 0.15) is 5.82 Å². The van der Waals surface area contributed by atoms with Gasteiger partial charge in [0.25, 0.3) is 5.91 Å². The van der Waals surface area contributed by atoms with E-state index in [-0.39, 0.29) is 11.7 Å². The highest BCUT2D eigenvalue weighted by molar-refractivity contribution is 8.18. The molecule has 0 spiro atoms. The smallest absolute Gasteiger partial charge is 0.266 e. The Kier molecular flexibility index (Phi) is 6.26. The second kappa shape index (κ2) is 8.96. The molecule has 0 aliphatic carbocycles. The molecule has 1 aliphatic heterocycles. The number of carbonyl (C=O) groups excluding carboxylic acids is 1. The minimum atomic E-state index is -0.317. The van der Waals surface area contributed by atoms with Crippen LogP contribution in [0.2, 0.25) is 5.02 Å². The predicted octanol–water partition coefficient (Wildman–Crippen LogP) is 6.82. The van der Waals surface area contributed by atoms with Gasteiger partial charge in [-0.05, 0) is 99.1 Å². The van der Waals surface area contributed by atoms with Crippen LogP contribution in [-0.2, 0) is 4.79 Å². The van der Waals surface area contributed by atoms with Gasteiger partial charge in [0.05, 0.1) is 10.6 Å². The number of thioether (sulfide) groups is 1. The third kappa shape index (κ3) is 4.12. The molecule has 0 bridgehead atoms. The fourth-order valence-electron chi connectivity index (χ4n) is 3.78. The van der Waals surface area contributed by atoms with Gasteiger partial charge in [-0.1, -0.05) is 17.7 Å². The van der Waals surface area contributed by atoms with Crippen LogP contribution in [0.5, 0.6) is 0 Å². The zero-order valence-corrected chi connectivity index (χ0v) is 19.9. The van der Waals surface area contributed by atoms with E-state index in [4.69, 9.17) is 11.6 Å². The quantitative estimate of drug-likeness (QED) is 0.395. The van der Waals surface area contributed by atoms with Crippen molar-refractivity contribution < 1.29 is 9.18 Å². The maximum Gasteiger partial charge on any atom is 0.266 e. The highest BCUT2D eigenvalue weighted by Crippen LogP contribution is 2.35. The lowest BCUT2D eigenvalue weighted by Gasteiger charge is -2.13. The maximum atomic E-state index is 13.2. The van der Waals surface area contributed by atoms with Crippen molar-refractivity contribution in [3.63, 3.8) is 0 Å². The SMILES string of the molecule is CCN1C(=O)/C(=C\c2cc(C)n(-c3cccc(Cl)c3C)c2C)SC1=Nc1ccc(F)cc1. The Morgan fingerprint density at radius 2 is 1.84 bits per heavy atom. The average molecular weight is 468 g/mol. The number of amidine groups is 1. The summed E-state index contributed by atoms with van der Waals surface area (Å²) in [5.41, 5.74) is 5.69. The lowest BCUT2D eigenvalue weighted by atomic mass is 10.2. The fraction of sp³-hybridized carbons (Fsp3) is 0.200. The van der Waals surface area contributed by atoms with Crippen LogP contribution >= 0.6 is 23.4 Å². The summed E-state index contributed by atoms with van der Waals surface area (Å²) in [4.78, 5) is 19.9. The number of aryl methyl sites for hydroxylation is 1. The number of likely N-dealkylation sites (N-methyl/N-ethyl adjacent to an activating group) is 1. The van der Waals surface area contributed by atoms with Gasteiger partial charge in [-0.2, -0.15) is 0 Å². The minimum absolute atomic E-state index is 0.0814. The molecule has 2 heterocycles. The number of hydrogen-bond acceptors (Lipinski definition) is 3. The van der Waals surface area contributed by atoms with Crippen LogP contribution in [0.15, 0.2) is 58.4 Å². The van der Waals surface area contributed by atoms with Crippen LogP contribution < -0.4 is 0 Å². The Hall–Kier alpha value is -2.83. The first-order chi connectivity index (χ1) is 15.3. The van der Waals surface area contributed by atoms with Gasteiger partial charge in [-0.15, -0.1) is 0 Å². The van der Waals surface area contributed by atoms with Gasteiger partial charge >= 0.3 is 0 Å². The van der Waals surface area contributed by atoms with Gasteiger partial charge in [0.15, 0.2) is 5.17 Å². The number of aliphatic imine (C=N–C) groups is 1. The summed E-state index contributed by atoms with van der Waals surface area (Å²) in [6.07, 6.45) is 1.92. The van der Waals surface area contributed by atoms with Crippen molar-refractivity contribution in [2.45, 2.75) is 27.7 Å². The molecule has 0 atom stereocenters. The van der Waals surface area contributed by atoms with E-state index >= 15 is 0 Å². The van der Waals surface area contributed by atoms with E-state index in [9.17, 15) is 9.18 Å². The van der Waals surface area contributed by atoms with E-state index in [1.165, 1.54) is 23.9 Å². The predicted molar refractivity (Wildman–Crippen MR) is 131 cm³/mol. The zero-order valence-electron chi connectivity index (χ0n) is 18.3. The van der Waals surface area contributed by atoms with Crippen LogP contribution in [0.3, 0.4) is 0 Å². The van der Waals surface area contributed by atoms with Crippen LogP contribution in [0, 0.1) is 26.6 Å². The van der Waals surface area contributed by atoms with Crippen molar-refractivity contribution >= 4 is 46.2 Å². The van der Waals surface area contributed by atoms with E-state index in [1.54, 1.807) is 17.0 Å². The summed E-state index contributed by atoms with van der Waals surface area (Å²) in [7, 11) is 0. The maximum absolute atomic E-state index is 13.2. The number of carbonyl (C=O) groups is 1. The summed E-state index contributed by atoms with van der Waals surface area (Å²) < 4.78 is 15.4. The first-order valence-corrected chi connectivity index (χ1v) is 11.5. The normalized spacial score (nSPS) is 16.6. The second-order valence-electron chi connectivity index (χ2n) is 7.58. The number of amides is 1. The standard InChI is InChI=1S/C25H23ClFN3OS/c1-5-29-24(31)23(32-25(29)28-20-11-9-19(27)10-12-20)14-18-13-15(2)30(17(18)4)22-8-6-7-21(26)16(22)3/h6-14H,5H2,1-4H3/b23-14+,28-25?. The van der Waals surface area contributed by atoms with Crippen molar-refractivity contribution in [3.05, 3.63) is 86.8 Å². The van der Waals surface area contributed by atoms with Crippen LogP contribution in [0.25, 0.3) is 11.8 Å². The molecule has 0 unspecified atom stereocenters. The summed E-state index contributed by atoms with van der Waals surface area (Å²) in [5.74, 6) is -0.399. The molecular weight excluding hydrogens is 445 g/mol. The molecule has 1 saturated heterocycles. The van der Waals surface area contributed by atoms with Crippen LogP contribution in [0.1, 0.15) is 29.4 Å². The fourth-order valence-corrected chi connectivity index (χ4v) is 5.00. The Balaban J connectivity index is 1.72. The minimum Gasteiger partial charge on any atom is -0.318 e. The Labute approximate surface area is 196 Å². The number of rotatable bonds is 4. The molecule has 1 aromatic heterocycles. The van der Waals surface area contributed by atoms with Gasteiger partial charge in [0, 0.05) is 28.6 Å². The molecule has 32 heavy (non-hydrogen) atoms. The molecule has 1 amide bonds. The largest absolute Gasteiger partial charge is 0.318 e. The third-order valence-electron chi connectivity index (χ3n) is 5.49. The lowest BCUT2D eigenvalue weighted by molar-refractivity contribution is -0.122. The number of nitrogens with zero attached hydrogens (tertiary/aromatic N) is 3. The van der Waals surface area contributed by atoms with Crippen molar-refractivity contribution in [1.82, 2.24) is 9.47 Å². The van der Waals surface area contributed by atoms with E-state index in [0.29, 0.717) is 22.3 Å². The molecule has 4 rings (SSSR count). The monoisotopic (exact) mass is 467 g/mol. The Morgan fingerprint density at radius 3 is 2.53 bits per heavy atom. The molecule has 1 fully saturated rings. The topological polar surface area (TPSA) is 37.6 Å². The molecule has 0 radical (unpaired) electrons. The molecule has 7 heteroatoms. The van der Waals surface area contributed by atoms with Gasteiger partial charge in [-0.25, -0.2) is 9.38 Å². The first kappa shape index (κ1) is 22.4. The summed E-state index contributed by atoms with van der Waals surface area (Å²) in [6.45, 7) is 8.50. The second-order valence-corrected chi connectivity index (χ2v) is 8.99. The number of hydrogen-bond donors (Lipinski definition) is 0. The van der Waals surface area contributed by atoms with E-state index in [0.717, 1.165) is 33.2 Å². The third-order valence-corrected chi connectivity index (χ3v) is 6.91. The molecule has 164 valence electrons. The highest BCUT2D eigenvalue weighted by Gasteiger charge is 2.32. The van der Waals surface area contributed by atoms with E-state index in [1.807, 2.05) is 52.0 Å². The van der Waals surface area contributed by atoms with Crippen molar-refractivity contribution in [1.29, 1.82) is 0 Å². The molecule has 0 N–H and O–H groups in total. The average Bonchev–Trinajstić information content (AvgIpc) is 3.21. The highest BCUT2D eigenvalue weighted by atomic mass is 35.5. The summed E-state index contributed by atoms with van der Waals surface area (Å²) in [6, 6.07) is 13.9. The molecule has 3 aromatic rings. The van der Waals surface area contributed by atoms with E-state index < -0.39 is 0 Å². The first-order valence-electron chi connectivity index (χ1n) is 10.3. The van der Waals surface area contributed by atoms with Gasteiger partial charge in [0.2, 0.25) is 0 Å². The zero-order chi connectivity index (χ0) is 23.0. The Bertz CT molecular complexity index is 1260. The molecule has 2 aromatic carbocycles. The molecular formula is C25H23ClFN3OS. The number of halogens is 2. The van der Waals surface area contributed by atoms with E-state index in [2.05, 4.69) is 15.6 Å². The van der Waals surface area contributed by atoms with Crippen LogP contribution in [-0.4, -0.2) is 27.1 Å². The van der Waals surface area contributed by atoms with Crippen molar-refractivity contribution in [3.8, 4) is 5.69 Å². The molecule has 4 nitrogen and oxygen atoms in total. The van der Waals surface area contributed by atoms with Crippen molar-refractivity contribution in [2.24, 2.45) is 4.99 Å². The molecule has 0 saturated carbocycles. The van der Waals surface area contributed by atoms with Gasteiger partial charge in [-0.3, -0.25) is 9.69 Å². The summed E-state index contributed by atoms with van der Waals surface area (Å²) >= 11 is 7.68. The van der Waals surface area contributed by atoms with Crippen LogP contribution in [0.4, 0.5) is 10.1 Å².